The second-order valence-corrected chi connectivity index (χ2v) is 5.82. The van der Waals surface area contributed by atoms with Gasteiger partial charge in [-0.05, 0) is 41.4 Å². The van der Waals surface area contributed by atoms with Gasteiger partial charge in [0.2, 0.25) is 11.5 Å². The molecule has 2 aromatic heterocycles. The van der Waals surface area contributed by atoms with Crippen molar-refractivity contribution in [1.82, 2.24) is 9.38 Å². The Morgan fingerprint density at radius 1 is 1.17 bits per heavy atom. The maximum atomic E-state index is 11.4. The number of rotatable bonds is 3. The number of benzene rings is 1. The summed E-state index contributed by atoms with van der Waals surface area (Å²) in [7, 11) is 0. The first-order chi connectivity index (χ1) is 11.2. The fraction of sp³-hybridized carbons (Fsp3) is 0.235. The Morgan fingerprint density at radius 2 is 1.96 bits per heavy atom. The van der Waals surface area contributed by atoms with Crippen LogP contribution in [0.4, 0.5) is 11.6 Å². The van der Waals surface area contributed by atoms with Gasteiger partial charge in [-0.15, -0.1) is 0 Å². The van der Waals surface area contributed by atoms with E-state index in [1.165, 1.54) is 15.5 Å². The number of anilines is 1. The van der Waals surface area contributed by atoms with Gasteiger partial charge in [-0.25, -0.2) is 0 Å². The largest absolute Gasteiger partial charge is 0.372 e. The van der Waals surface area contributed by atoms with Gasteiger partial charge in [0.1, 0.15) is 0 Å². The highest BCUT2D eigenvalue weighted by molar-refractivity contribution is 5.62. The number of nitrogens with zero attached hydrogens (tertiary/aromatic N) is 3. The van der Waals surface area contributed by atoms with Crippen LogP contribution < -0.4 is 5.32 Å². The topological polar surface area (TPSA) is 72.5 Å². The molecule has 6 nitrogen and oxygen atoms in total. The van der Waals surface area contributed by atoms with Crippen LogP contribution >= 0.6 is 0 Å². The molecule has 0 bridgehead atoms. The van der Waals surface area contributed by atoms with Crippen molar-refractivity contribution in [3.8, 4) is 0 Å². The van der Waals surface area contributed by atoms with Gasteiger partial charge >= 0.3 is 5.82 Å². The second-order valence-electron chi connectivity index (χ2n) is 5.82. The molecule has 1 aliphatic rings. The monoisotopic (exact) mass is 308 g/mol. The Bertz CT molecular complexity index is 887. The molecule has 1 N–H and O–H groups in total. The summed E-state index contributed by atoms with van der Waals surface area (Å²) in [5.41, 5.74) is 3.26. The van der Waals surface area contributed by atoms with Crippen molar-refractivity contribution in [1.29, 1.82) is 0 Å². The summed E-state index contributed by atoms with van der Waals surface area (Å²) in [6, 6.07) is 13.9. The molecule has 0 fully saturated rings. The van der Waals surface area contributed by atoms with E-state index >= 15 is 0 Å². The predicted molar refractivity (Wildman–Crippen MR) is 87.7 cm³/mol. The summed E-state index contributed by atoms with van der Waals surface area (Å²) in [6.45, 7) is 0. The number of aryl methyl sites for hydroxylation is 1. The first-order valence-corrected chi connectivity index (χ1v) is 7.67. The number of fused-ring (bicyclic) bond motifs is 2. The zero-order valence-electron chi connectivity index (χ0n) is 12.5. The molecule has 2 heterocycles. The molecule has 116 valence electrons. The first kappa shape index (κ1) is 13.8. The molecule has 0 radical (unpaired) electrons. The number of aromatic nitrogens is 2. The number of pyridine rings is 1. The quantitative estimate of drug-likeness (QED) is 0.595. The summed E-state index contributed by atoms with van der Waals surface area (Å²) in [5.74, 6) is 0.352. The molecule has 0 spiro atoms. The van der Waals surface area contributed by atoms with E-state index in [1.54, 1.807) is 18.3 Å². The molecule has 0 amide bonds. The lowest BCUT2D eigenvalue weighted by molar-refractivity contribution is -0.389. The average Bonchev–Trinajstić information content (AvgIpc) is 2.92. The van der Waals surface area contributed by atoms with Crippen LogP contribution in [-0.2, 0) is 12.8 Å². The van der Waals surface area contributed by atoms with Crippen LogP contribution in [0, 0.1) is 10.1 Å². The Kier molecular flexibility index (Phi) is 3.22. The molecule has 0 saturated carbocycles. The highest BCUT2D eigenvalue weighted by Crippen LogP contribution is 2.29. The van der Waals surface area contributed by atoms with E-state index in [2.05, 4.69) is 28.5 Å². The molecule has 0 saturated heterocycles. The number of hydrogen-bond donors (Lipinski definition) is 1. The van der Waals surface area contributed by atoms with Crippen molar-refractivity contribution in [2.24, 2.45) is 0 Å². The van der Waals surface area contributed by atoms with Gasteiger partial charge in [-0.1, -0.05) is 30.3 Å². The highest BCUT2D eigenvalue weighted by Gasteiger charge is 2.26. The lowest BCUT2D eigenvalue weighted by Crippen LogP contribution is -2.27. The van der Waals surface area contributed by atoms with Gasteiger partial charge in [0.05, 0.1) is 6.20 Å². The summed E-state index contributed by atoms with van der Waals surface area (Å²) in [6.07, 6.45) is 4.46. The number of imidazole rings is 1. The van der Waals surface area contributed by atoms with E-state index < -0.39 is 0 Å². The molecule has 1 atom stereocenters. The summed E-state index contributed by atoms with van der Waals surface area (Å²) in [5, 5.41) is 14.7. The van der Waals surface area contributed by atoms with Gasteiger partial charge in [-0.3, -0.25) is 0 Å². The smallest absolute Gasteiger partial charge is 0.360 e. The molecular weight excluding hydrogens is 292 g/mol. The normalized spacial score (nSPS) is 17.0. The third kappa shape index (κ3) is 2.42. The first-order valence-electron chi connectivity index (χ1n) is 7.67. The maximum absolute atomic E-state index is 11.4. The van der Waals surface area contributed by atoms with Crippen LogP contribution in [0.1, 0.15) is 17.5 Å². The zero-order chi connectivity index (χ0) is 15.8. The van der Waals surface area contributed by atoms with Crippen molar-refractivity contribution >= 4 is 17.3 Å². The third-order valence-electron chi connectivity index (χ3n) is 4.37. The van der Waals surface area contributed by atoms with Crippen molar-refractivity contribution in [3.05, 3.63) is 69.9 Å². The summed E-state index contributed by atoms with van der Waals surface area (Å²) < 4.78 is 1.51. The standard InChI is InChI=1S/C17H16N4O2/c22-21(23)17-16(19-15-7-3-4-10-20(15)17)18-14-9-8-12-5-1-2-6-13(12)11-14/h1-7,10,14,18H,8-9,11H2. The van der Waals surface area contributed by atoms with E-state index in [1.807, 2.05) is 12.1 Å². The van der Waals surface area contributed by atoms with E-state index in [4.69, 9.17) is 0 Å². The van der Waals surface area contributed by atoms with E-state index in [9.17, 15) is 10.1 Å². The summed E-state index contributed by atoms with van der Waals surface area (Å²) >= 11 is 0. The summed E-state index contributed by atoms with van der Waals surface area (Å²) in [4.78, 5) is 15.5. The van der Waals surface area contributed by atoms with Gasteiger partial charge in [-0.2, -0.15) is 9.38 Å². The molecule has 23 heavy (non-hydrogen) atoms. The third-order valence-corrected chi connectivity index (χ3v) is 4.37. The Labute approximate surface area is 132 Å². The fourth-order valence-electron chi connectivity index (χ4n) is 3.27. The predicted octanol–water partition coefficient (Wildman–Crippen LogP) is 3.21. The molecule has 1 aromatic carbocycles. The minimum Gasteiger partial charge on any atom is -0.360 e. The molecular formula is C17H16N4O2. The Morgan fingerprint density at radius 3 is 2.78 bits per heavy atom. The lowest BCUT2D eigenvalue weighted by atomic mass is 9.88. The van der Waals surface area contributed by atoms with Crippen LogP contribution in [0.3, 0.4) is 0 Å². The minimum atomic E-state index is -0.376. The highest BCUT2D eigenvalue weighted by atomic mass is 16.6. The van der Waals surface area contributed by atoms with Crippen molar-refractivity contribution < 1.29 is 4.92 Å². The molecule has 0 aliphatic heterocycles. The van der Waals surface area contributed by atoms with Crippen molar-refractivity contribution in [2.75, 3.05) is 5.32 Å². The molecule has 3 aromatic rings. The van der Waals surface area contributed by atoms with Gasteiger partial charge < -0.3 is 15.4 Å². The average molecular weight is 308 g/mol. The van der Waals surface area contributed by atoms with E-state index in [0.717, 1.165) is 19.3 Å². The van der Waals surface area contributed by atoms with Crippen LogP contribution in [0.5, 0.6) is 0 Å². The second kappa shape index (κ2) is 5.39. The number of nitrogens with one attached hydrogen (secondary N) is 1. The number of nitro groups is 1. The maximum Gasteiger partial charge on any atom is 0.372 e. The fourth-order valence-corrected chi connectivity index (χ4v) is 3.27. The van der Waals surface area contributed by atoms with Crippen LogP contribution in [0.25, 0.3) is 5.65 Å². The van der Waals surface area contributed by atoms with Gasteiger partial charge in [0.25, 0.3) is 0 Å². The molecule has 1 unspecified atom stereocenters. The molecule has 4 rings (SSSR count). The molecule has 1 aliphatic carbocycles. The number of hydrogen-bond acceptors (Lipinski definition) is 4. The zero-order valence-corrected chi connectivity index (χ0v) is 12.5. The molecule has 6 heteroatoms. The SMILES string of the molecule is O=[N+]([O-])c1c(NC2CCc3ccccc3C2)nc2ccccn12. The van der Waals surface area contributed by atoms with Crippen LogP contribution in [0.15, 0.2) is 48.7 Å². The Balaban J connectivity index is 1.66. The van der Waals surface area contributed by atoms with E-state index in [0.29, 0.717) is 11.5 Å². The van der Waals surface area contributed by atoms with Crippen LogP contribution in [0.2, 0.25) is 0 Å². The van der Waals surface area contributed by atoms with Gasteiger partial charge in [0.15, 0.2) is 0 Å². The lowest BCUT2D eigenvalue weighted by Gasteiger charge is -2.25. The Hall–Kier alpha value is -2.89. The van der Waals surface area contributed by atoms with E-state index in [-0.39, 0.29) is 16.8 Å². The van der Waals surface area contributed by atoms with Crippen LogP contribution in [-0.4, -0.2) is 20.3 Å². The van der Waals surface area contributed by atoms with Crippen molar-refractivity contribution in [2.45, 2.75) is 25.3 Å². The van der Waals surface area contributed by atoms with Crippen molar-refractivity contribution in [3.63, 3.8) is 0 Å². The minimum absolute atomic E-state index is 0.000501. The van der Waals surface area contributed by atoms with Gasteiger partial charge in [0, 0.05) is 12.1 Å².